The Labute approximate surface area is 121 Å². The van der Waals surface area contributed by atoms with Crippen LogP contribution in [0.4, 0.5) is 4.39 Å². The number of aromatic nitrogens is 2. The maximum atomic E-state index is 13.4. The molecule has 0 saturated heterocycles. The Kier molecular flexibility index (Phi) is 3.13. The zero-order chi connectivity index (χ0) is 14.3. The van der Waals surface area contributed by atoms with E-state index in [1.807, 2.05) is 22.9 Å². The number of thiazole rings is 1. The van der Waals surface area contributed by atoms with Crippen molar-refractivity contribution in [2.45, 2.75) is 32.7 Å². The molecule has 2 heterocycles. The quantitative estimate of drug-likeness (QED) is 0.674. The van der Waals surface area contributed by atoms with Crippen LogP contribution in [0.3, 0.4) is 0 Å². The van der Waals surface area contributed by atoms with Gasteiger partial charge in [0.2, 0.25) is 0 Å². The average molecular weight is 288 g/mol. The van der Waals surface area contributed by atoms with E-state index in [1.54, 1.807) is 17.4 Å². The molecule has 0 aliphatic heterocycles. The fourth-order valence-corrected chi connectivity index (χ4v) is 3.19. The molecule has 0 aliphatic carbocycles. The van der Waals surface area contributed by atoms with Gasteiger partial charge in [0, 0.05) is 17.0 Å². The largest absolute Gasteiger partial charge is 0.341 e. The molecule has 0 bridgehead atoms. The smallest absolute Gasteiger partial charge is 0.125 e. The second kappa shape index (κ2) is 4.70. The lowest BCUT2D eigenvalue weighted by atomic mass is 9.93. The van der Waals surface area contributed by atoms with Crippen LogP contribution in [0.5, 0.6) is 0 Å². The van der Waals surface area contributed by atoms with Crippen LogP contribution in [0.1, 0.15) is 31.5 Å². The van der Waals surface area contributed by atoms with E-state index in [1.165, 1.54) is 6.07 Å². The minimum atomic E-state index is -0.202. The normalized spacial score (nSPS) is 12.2. The van der Waals surface area contributed by atoms with Gasteiger partial charge in [-0.05, 0) is 29.7 Å². The molecule has 20 heavy (non-hydrogen) atoms. The van der Waals surface area contributed by atoms with Crippen molar-refractivity contribution in [1.82, 2.24) is 9.55 Å². The van der Waals surface area contributed by atoms with E-state index in [9.17, 15) is 4.39 Å². The van der Waals surface area contributed by atoms with Crippen molar-refractivity contribution in [1.29, 1.82) is 0 Å². The van der Waals surface area contributed by atoms with Gasteiger partial charge in [0.05, 0.1) is 17.8 Å². The van der Waals surface area contributed by atoms with E-state index in [-0.39, 0.29) is 11.2 Å². The Balaban J connectivity index is 1.93. The minimum absolute atomic E-state index is 0.0691. The summed E-state index contributed by atoms with van der Waals surface area (Å²) < 4.78 is 15.4. The van der Waals surface area contributed by atoms with Gasteiger partial charge < -0.3 is 4.57 Å². The summed E-state index contributed by atoms with van der Waals surface area (Å²) >= 11 is 1.66. The van der Waals surface area contributed by atoms with E-state index < -0.39 is 0 Å². The van der Waals surface area contributed by atoms with Crippen molar-refractivity contribution in [3.8, 4) is 0 Å². The number of hydrogen-bond donors (Lipinski definition) is 0. The maximum absolute atomic E-state index is 13.4. The molecule has 0 aliphatic rings. The molecule has 0 fully saturated rings. The molecule has 0 unspecified atom stereocenters. The third-order valence-corrected chi connectivity index (χ3v) is 4.20. The Morgan fingerprint density at radius 3 is 2.75 bits per heavy atom. The standard InChI is InChI=1S/C16H17FN2S/c1-16(2,3)14-10-20-15(18-14)9-19-7-6-11-4-5-12(17)8-13(11)19/h4-8,10H,9H2,1-3H3. The van der Waals surface area contributed by atoms with Crippen LogP contribution in [0.2, 0.25) is 0 Å². The highest BCUT2D eigenvalue weighted by atomic mass is 32.1. The number of halogens is 1. The lowest BCUT2D eigenvalue weighted by Crippen LogP contribution is -2.11. The second-order valence-corrected chi connectivity index (χ2v) is 6.97. The molecular weight excluding hydrogens is 271 g/mol. The van der Waals surface area contributed by atoms with Gasteiger partial charge in [-0.1, -0.05) is 20.8 Å². The first-order valence-corrected chi connectivity index (χ1v) is 7.51. The molecule has 0 atom stereocenters. The van der Waals surface area contributed by atoms with Gasteiger partial charge in [-0.3, -0.25) is 0 Å². The Morgan fingerprint density at radius 1 is 1.25 bits per heavy atom. The topological polar surface area (TPSA) is 17.8 Å². The predicted octanol–water partition coefficient (Wildman–Crippen LogP) is 4.58. The fraction of sp³-hybridized carbons (Fsp3) is 0.312. The zero-order valence-electron chi connectivity index (χ0n) is 11.9. The number of benzene rings is 1. The summed E-state index contributed by atoms with van der Waals surface area (Å²) in [6.07, 6.45) is 1.99. The fourth-order valence-electron chi connectivity index (χ4n) is 2.17. The highest BCUT2D eigenvalue weighted by molar-refractivity contribution is 7.09. The van der Waals surface area contributed by atoms with Gasteiger partial charge in [0.1, 0.15) is 10.8 Å². The number of nitrogens with zero attached hydrogens (tertiary/aromatic N) is 2. The molecule has 3 aromatic rings. The summed E-state index contributed by atoms with van der Waals surface area (Å²) in [5.74, 6) is -0.202. The summed E-state index contributed by atoms with van der Waals surface area (Å²) in [4.78, 5) is 4.69. The highest BCUT2D eigenvalue weighted by Crippen LogP contribution is 2.25. The molecule has 2 aromatic heterocycles. The maximum Gasteiger partial charge on any atom is 0.125 e. The van der Waals surface area contributed by atoms with Crippen molar-refractivity contribution in [3.05, 3.63) is 52.4 Å². The lowest BCUT2D eigenvalue weighted by Gasteiger charge is -2.14. The van der Waals surface area contributed by atoms with E-state index in [0.29, 0.717) is 6.54 Å². The van der Waals surface area contributed by atoms with Crippen molar-refractivity contribution >= 4 is 22.2 Å². The van der Waals surface area contributed by atoms with Crippen molar-refractivity contribution in [2.24, 2.45) is 0 Å². The van der Waals surface area contributed by atoms with Crippen molar-refractivity contribution in [2.75, 3.05) is 0 Å². The van der Waals surface area contributed by atoms with E-state index in [4.69, 9.17) is 0 Å². The molecule has 0 saturated carbocycles. The van der Waals surface area contributed by atoms with Crippen LogP contribution in [-0.4, -0.2) is 9.55 Å². The first-order valence-electron chi connectivity index (χ1n) is 6.63. The zero-order valence-corrected chi connectivity index (χ0v) is 12.7. The van der Waals surface area contributed by atoms with E-state index in [2.05, 4.69) is 31.1 Å². The lowest BCUT2D eigenvalue weighted by molar-refractivity contribution is 0.570. The number of fused-ring (bicyclic) bond motifs is 1. The second-order valence-electron chi connectivity index (χ2n) is 6.02. The van der Waals surface area contributed by atoms with Crippen molar-refractivity contribution in [3.63, 3.8) is 0 Å². The highest BCUT2D eigenvalue weighted by Gasteiger charge is 2.17. The van der Waals surface area contributed by atoms with Gasteiger partial charge in [0.25, 0.3) is 0 Å². The van der Waals surface area contributed by atoms with E-state index >= 15 is 0 Å². The third kappa shape index (κ3) is 2.48. The van der Waals surface area contributed by atoms with Crippen LogP contribution < -0.4 is 0 Å². The third-order valence-electron chi connectivity index (χ3n) is 3.36. The van der Waals surface area contributed by atoms with Gasteiger partial charge in [-0.15, -0.1) is 11.3 Å². The van der Waals surface area contributed by atoms with Crippen LogP contribution in [0, 0.1) is 5.82 Å². The Morgan fingerprint density at radius 2 is 2.05 bits per heavy atom. The monoisotopic (exact) mass is 288 g/mol. The molecule has 2 nitrogen and oxygen atoms in total. The van der Waals surface area contributed by atoms with Gasteiger partial charge >= 0.3 is 0 Å². The summed E-state index contributed by atoms with van der Waals surface area (Å²) in [6.45, 7) is 7.17. The minimum Gasteiger partial charge on any atom is -0.341 e. The molecule has 0 amide bonds. The van der Waals surface area contributed by atoms with Gasteiger partial charge in [-0.2, -0.15) is 0 Å². The van der Waals surface area contributed by atoms with Crippen LogP contribution in [-0.2, 0) is 12.0 Å². The summed E-state index contributed by atoms with van der Waals surface area (Å²) in [6, 6.07) is 6.89. The number of hydrogen-bond acceptors (Lipinski definition) is 2. The average Bonchev–Trinajstić information content (AvgIpc) is 2.97. The van der Waals surface area contributed by atoms with Gasteiger partial charge in [0.15, 0.2) is 0 Å². The molecular formula is C16H17FN2S. The van der Waals surface area contributed by atoms with Crippen LogP contribution in [0.15, 0.2) is 35.8 Å². The van der Waals surface area contributed by atoms with Crippen LogP contribution >= 0.6 is 11.3 Å². The van der Waals surface area contributed by atoms with Crippen LogP contribution in [0.25, 0.3) is 10.9 Å². The molecule has 1 aromatic carbocycles. The molecule has 104 valence electrons. The van der Waals surface area contributed by atoms with E-state index in [0.717, 1.165) is 21.6 Å². The first-order chi connectivity index (χ1) is 9.43. The summed E-state index contributed by atoms with van der Waals surface area (Å²) in [5, 5.41) is 4.22. The van der Waals surface area contributed by atoms with Crippen molar-refractivity contribution < 1.29 is 4.39 Å². The molecule has 0 spiro atoms. The summed E-state index contributed by atoms with van der Waals surface area (Å²) in [5.41, 5.74) is 2.09. The molecule has 3 rings (SSSR count). The molecule has 4 heteroatoms. The summed E-state index contributed by atoms with van der Waals surface area (Å²) in [7, 11) is 0. The SMILES string of the molecule is CC(C)(C)c1csc(Cn2ccc3ccc(F)cc32)n1. The predicted molar refractivity (Wildman–Crippen MR) is 81.8 cm³/mol. The van der Waals surface area contributed by atoms with Gasteiger partial charge in [-0.25, -0.2) is 9.37 Å². The molecule has 0 radical (unpaired) electrons. The Hall–Kier alpha value is -1.68. The number of rotatable bonds is 2. The first kappa shape index (κ1) is 13.3. The Bertz CT molecular complexity index is 749. The molecule has 0 N–H and O–H groups in total.